The number of hydrogen-bond acceptors (Lipinski definition) is 3. The fraction of sp³-hybridized carbons (Fsp3) is 0.467. The van der Waals surface area contributed by atoms with Gasteiger partial charge in [-0.1, -0.05) is 0 Å². The van der Waals surface area contributed by atoms with Crippen molar-refractivity contribution in [1.82, 2.24) is 14.8 Å². The topological polar surface area (TPSA) is 80.1 Å². The monoisotopic (exact) mass is 499 g/mol. The Labute approximate surface area is 213 Å². The number of benzene rings is 2. The van der Waals surface area contributed by atoms with Crippen LogP contribution in [0.15, 0.2) is 42.6 Å². The average Bonchev–Trinajstić information content (AvgIpc) is 3.51. The zero-order chi connectivity index (χ0) is 24.9. The number of ether oxygens (including phenoxy) is 1. The Balaban J connectivity index is 1.32. The smallest absolute Gasteiger partial charge is 0.306 e. The van der Waals surface area contributed by atoms with Crippen molar-refractivity contribution in [3.05, 3.63) is 59.7 Å². The van der Waals surface area contributed by atoms with Gasteiger partial charge < -0.3 is 14.4 Å². The minimum absolute atomic E-state index is 0.183. The van der Waals surface area contributed by atoms with Crippen LogP contribution in [0.5, 0.6) is 0 Å². The van der Waals surface area contributed by atoms with Gasteiger partial charge in [-0.25, -0.2) is 4.39 Å². The molecule has 2 unspecified atom stereocenters. The van der Waals surface area contributed by atoms with Gasteiger partial charge in [0.15, 0.2) is 0 Å². The zero-order valence-corrected chi connectivity index (χ0v) is 20.6. The lowest BCUT2D eigenvalue weighted by atomic mass is 9.47. The number of nitrogens with zero attached hydrogens (tertiary/aromatic N) is 2. The number of fused-ring (bicyclic) bond motifs is 4. The average molecular weight is 500 g/mol. The van der Waals surface area contributed by atoms with Crippen LogP contribution < -0.4 is 0 Å². The Hall–Kier alpha value is -3.19. The summed E-state index contributed by atoms with van der Waals surface area (Å²) in [4.78, 5) is 11.5. The molecule has 1 spiro atoms. The number of aliphatic carboxylic acids is 1. The minimum Gasteiger partial charge on any atom is -0.481 e. The predicted molar refractivity (Wildman–Crippen MR) is 138 cm³/mol. The van der Waals surface area contributed by atoms with Gasteiger partial charge in [0.1, 0.15) is 5.82 Å². The highest BCUT2D eigenvalue weighted by molar-refractivity contribution is 5.99. The minimum atomic E-state index is -0.651. The Morgan fingerprint density at radius 1 is 1.05 bits per heavy atom. The molecule has 37 heavy (non-hydrogen) atoms. The molecule has 4 heterocycles. The van der Waals surface area contributed by atoms with Crippen LogP contribution in [-0.2, 0) is 9.53 Å². The highest BCUT2D eigenvalue weighted by Crippen LogP contribution is 2.65. The molecule has 2 N–H and O–H groups in total. The second-order valence-corrected chi connectivity index (χ2v) is 12.1. The van der Waals surface area contributed by atoms with Crippen molar-refractivity contribution in [2.24, 2.45) is 11.3 Å². The van der Waals surface area contributed by atoms with Crippen LogP contribution >= 0.6 is 0 Å². The summed E-state index contributed by atoms with van der Waals surface area (Å²) in [5, 5.41) is 19.2. The van der Waals surface area contributed by atoms with Crippen molar-refractivity contribution in [3.63, 3.8) is 0 Å². The number of nitrogens with one attached hydrogen (secondary N) is 1. The van der Waals surface area contributed by atoms with Gasteiger partial charge in [-0.3, -0.25) is 9.89 Å². The number of H-pyrrole nitrogens is 1. The summed E-state index contributed by atoms with van der Waals surface area (Å²) < 4.78 is 22.6. The molecule has 6 nitrogen and oxygen atoms in total. The van der Waals surface area contributed by atoms with E-state index in [0.29, 0.717) is 24.0 Å². The van der Waals surface area contributed by atoms with E-state index in [9.17, 15) is 14.3 Å². The summed E-state index contributed by atoms with van der Waals surface area (Å²) in [5.74, 6) is -0.296. The molecule has 0 amide bonds. The third-order valence-electron chi connectivity index (χ3n) is 9.84. The van der Waals surface area contributed by atoms with E-state index in [-0.39, 0.29) is 17.2 Å². The summed E-state index contributed by atoms with van der Waals surface area (Å²) in [6.07, 6.45) is 10.5. The van der Waals surface area contributed by atoms with E-state index in [1.165, 1.54) is 16.6 Å². The fourth-order valence-electron chi connectivity index (χ4n) is 8.23. The molecule has 2 aliphatic heterocycles. The normalized spacial score (nSPS) is 32.6. The molecule has 4 aromatic rings. The highest BCUT2D eigenvalue weighted by atomic mass is 19.1. The first kappa shape index (κ1) is 21.9. The van der Waals surface area contributed by atoms with Gasteiger partial charge in [-0.15, -0.1) is 0 Å². The van der Waals surface area contributed by atoms with Crippen LogP contribution in [0.3, 0.4) is 0 Å². The van der Waals surface area contributed by atoms with Crippen LogP contribution in [0.25, 0.3) is 27.5 Å². The summed E-state index contributed by atoms with van der Waals surface area (Å²) >= 11 is 0. The molecular weight excluding hydrogens is 469 g/mol. The van der Waals surface area contributed by atoms with Gasteiger partial charge in [0.25, 0.3) is 0 Å². The molecule has 2 aromatic carbocycles. The Bertz CT molecular complexity index is 1530. The second kappa shape index (κ2) is 7.67. The zero-order valence-electron chi connectivity index (χ0n) is 20.6. The van der Waals surface area contributed by atoms with Gasteiger partial charge in [-0.05, 0) is 105 Å². The second-order valence-electron chi connectivity index (χ2n) is 12.1. The Morgan fingerprint density at radius 3 is 2.49 bits per heavy atom. The maximum Gasteiger partial charge on any atom is 0.306 e. The molecular formula is C30H30FN3O3. The van der Waals surface area contributed by atoms with Crippen LogP contribution in [0.2, 0.25) is 0 Å². The molecule has 0 radical (unpaired) electrons. The maximum absolute atomic E-state index is 14.0. The van der Waals surface area contributed by atoms with Gasteiger partial charge >= 0.3 is 5.97 Å². The molecule has 4 aliphatic rings. The molecule has 2 saturated heterocycles. The number of carbonyl (C=O) groups is 1. The summed E-state index contributed by atoms with van der Waals surface area (Å²) in [7, 11) is 0. The molecule has 2 aromatic heterocycles. The van der Waals surface area contributed by atoms with Crippen LogP contribution in [0, 0.1) is 17.2 Å². The van der Waals surface area contributed by atoms with Crippen LogP contribution in [0.1, 0.15) is 74.5 Å². The van der Waals surface area contributed by atoms with E-state index in [4.69, 9.17) is 4.74 Å². The van der Waals surface area contributed by atoms with Crippen LogP contribution in [0.4, 0.5) is 4.39 Å². The molecule has 2 aliphatic carbocycles. The molecule has 2 atom stereocenters. The lowest BCUT2D eigenvalue weighted by molar-refractivity contribution is -0.155. The number of carboxylic acid groups (broad SMARTS) is 1. The standard InChI is InChI=1S/C30H30FN3O3/c31-20-1-3-21(4-2-20)34-26-9-17-15-32-33-25(17)10-24(26)27(18-11-30(12-18)13-19(14-30)29(35)36)28(34)16-7-22-5-6-23(8-16)37-22/h1-4,9-10,15-16,18-19,22-23H,5-8,11-14H2,(H,32,33)(H,35,36). The van der Waals surface area contributed by atoms with Gasteiger partial charge in [0.2, 0.25) is 0 Å². The lowest BCUT2D eigenvalue weighted by Crippen LogP contribution is -2.49. The first-order chi connectivity index (χ1) is 18.0. The maximum atomic E-state index is 14.0. The van der Waals surface area contributed by atoms with Crippen LogP contribution in [-0.4, -0.2) is 38.0 Å². The number of rotatable bonds is 4. The van der Waals surface area contributed by atoms with E-state index >= 15 is 0 Å². The quantitative estimate of drug-likeness (QED) is 0.339. The summed E-state index contributed by atoms with van der Waals surface area (Å²) in [6.45, 7) is 0. The number of aromatic amines is 1. The van der Waals surface area contributed by atoms with Crippen molar-refractivity contribution in [2.75, 3.05) is 0 Å². The van der Waals surface area contributed by atoms with Crippen molar-refractivity contribution < 1.29 is 19.0 Å². The van der Waals surface area contributed by atoms with Gasteiger partial charge in [0, 0.05) is 28.1 Å². The molecule has 2 saturated carbocycles. The number of carboxylic acids is 1. The predicted octanol–water partition coefficient (Wildman–Crippen LogP) is 6.43. The Kier molecular flexibility index (Phi) is 4.53. The molecule has 7 heteroatoms. The first-order valence-corrected chi connectivity index (χ1v) is 13.6. The first-order valence-electron chi connectivity index (χ1n) is 13.6. The number of aromatic nitrogens is 3. The highest BCUT2D eigenvalue weighted by Gasteiger charge is 2.56. The Morgan fingerprint density at radius 2 is 1.78 bits per heavy atom. The molecule has 4 fully saturated rings. The number of hydrogen-bond donors (Lipinski definition) is 2. The van der Waals surface area contributed by atoms with Crippen molar-refractivity contribution in [3.8, 4) is 5.69 Å². The lowest BCUT2D eigenvalue weighted by Gasteiger charge is -2.57. The van der Waals surface area contributed by atoms with Gasteiger partial charge in [-0.2, -0.15) is 5.10 Å². The van der Waals surface area contributed by atoms with Gasteiger partial charge in [0.05, 0.1) is 35.4 Å². The number of halogens is 1. The molecule has 8 rings (SSSR count). The SMILES string of the molecule is O=C(O)C1CC2(C1)CC(c1c(C3CC4CCC(C3)O4)n(-c3ccc(F)cc3)c3cc4cn[nH]c4cc13)C2. The van der Waals surface area contributed by atoms with E-state index in [1.807, 2.05) is 18.3 Å². The van der Waals surface area contributed by atoms with E-state index in [0.717, 1.165) is 73.5 Å². The van der Waals surface area contributed by atoms with E-state index in [1.54, 1.807) is 12.1 Å². The van der Waals surface area contributed by atoms with E-state index in [2.05, 4.69) is 26.9 Å². The fourth-order valence-corrected chi connectivity index (χ4v) is 8.23. The third kappa shape index (κ3) is 3.26. The summed E-state index contributed by atoms with van der Waals surface area (Å²) in [6, 6.07) is 11.3. The largest absolute Gasteiger partial charge is 0.481 e. The third-order valence-corrected chi connectivity index (χ3v) is 9.84. The van der Waals surface area contributed by atoms with Crippen molar-refractivity contribution >= 4 is 27.8 Å². The molecule has 2 bridgehead atoms. The molecule has 190 valence electrons. The van der Waals surface area contributed by atoms with Crippen molar-refractivity contribution in [2.45, 2.75) is 75.4 Å². The van der Waals surface area contributed by atoms with E-state index < -0.39 is 5.97 Å². The van der Waals surface area contributed by atoms with Crippen molar-refractivity contribution in [1.29, 1.82) is 0 Å². The summed E-state index contributed by atoms with van der Waals surface area (Å²) in [5.41, 5.74) is 6.10.